The third-order valence-electron chi connectivity index (χ3n) is 10.1. The number of hydrogen-bond donors (Lipinski definition) is 0. The van der Waals surface area contributed by atoms with Crippen LogP contribution in [0.5, 0.6) is 0 Å². The van der Waals surface area contributed by atoms with Crippen molar-refractivity contribution >= 4 is 111 Å². The lowest BCUT2D eigenvalue weighted by Gasteiger charge is -2.34. The molecule has 0 amide bonds. The lowest BCUT2D eigenvalue weighted by Crippen LogP contribution is -2.17. The molecule has 0 N–H and O–H groups in total. The molecule has 0 saturated heterocycles. The van der Waals surface area contributed by atoms with E-state index in [9.17, 15) is 0 Å². The predicted molar refractivity (Wildman–Crippen MR) is 231 cm³/mol. The van der Waals surface area contributed by atoms with Crippen molar-refractivity contribution in [2.45, 2.75) is 19.6 Å². The highest BCUT2D eigenvalue weighted by molar-refractivity contribution is 8.05. The van der Waals surface area contributed by atoms with Crippen LogP contribution in [-0.2, 0) is 0 Å². The number of fused-ring (bicyclic) bond motifs is 8. The predicted octanol–water partition coefficient (Wildman–Crippen LogP) is 15.5. The Kier molecular flexibility index (Phi) is 7.54. The van der Waals surface area contributed by atoms with E-state index in [0.29, 0.717) is 0 Å². The van der Waals surface area contributed by atoms with Crippen LogP contribution in [0.2, 0.25) is 0 Å². The first-order chi connectivity index (χ1) is 26.7. The largest absolute Gasteiger partial charge is 0.456 e. The van der Waals surface area contributed by atoms with Gasteiger partial charge in [0.2, 0.25) is 0 Å². The van der Waals surface area contributed by atoms with E-state index in [4.69, 9.17) is 4.42 Å². The average molecular weight is 747 g/mol. The van der Waals surface area contributed by atoms with Crippen molar-refractivity contribution in [3.8, 4) is 0 Å². The van der Waals surface area contributed by atoms with E-state index >= 15 is 0 Å². The normalized spacial score (nSPS) is 12.3. The summed E-state index contributed by atoms with van der Waals surface area (Å²) in [5, 5.41) is 4.71. The Morgan fingerprint density at radius 2 is 0.889 bits per heavy atom. The molecule has 0 bridgehead atoms. The second-order valence-electron chi connectivity index (χ2n) is 13.3. The molecule has 3 nitrogen and oxygen atoms in total. The Morgan fingerprint density at radius 3 is 1.65 bits per heavy atom. The summed E-state index contributed by atoms with van der Waals surface area (Å²) in [5.74, 6) is 0. The Balaban J connectivity index is 1.19. The summed E-state index contributed by atoms with van der Waals surface area (Å²) >= 11 is 5.55. The zero-order chi connectivity index (χ0) is 35.6. The van der Waals surface area contributed by atoms with Crippen molar-refractivity contribution in [2.24, 2.45) is 0 Å². The van der Waals surface area contributed by atoms with Crippen LogP contribution in [0.1, 0.15) is 0 Å². The van der Waals surface area contributed by atoms with Crippen LogP contribution in [0.4, 0.5) is 34.1 Å². The number of hydrogen-bond acceptors (Lipinski definition) is 6. The van der Waals surface area contributed by atoms with E-state index in [1.54, 1.807) is 0 Å². The molecule has 1 aliphatic rings. The molecule has 0 fully saturated rings. The first-order valence-corrected chi connectivity index (χ1v) is 20.4. The van der Waals surface area contributed by atoms with Crippen LogP contribution >= 0.6 is 34.9 Å². The maximum atomic E-state index is 6.31. The van der Waals surface area contributed by atoms with Gasteiger partial charge in [0.05, 0.1) is 11.4 Å². The number of nitrogens with zero attached hydrogens (tertiary/aromatic N) is 2. The van der Waals surface area contributed by atoms with Gasteiger partial charge in [-0.25, -0.2) is 0 Å². The molecular formula is C48H30N2OS3. The maximum Gasteiger partial charge on any atom is 0.135 e. The van der Waals surface area contributed by atoms with Gasteiger partial charge in [0, 0.05) is 73.3 Å². The molecule has 1 aliphatic heterocycles. The Bertz CT molecular complexity index is 3030. The van der Waals surface area contributed by atoms with Gasteiger partial charge in [-0.05, 0) is 97.1 Å². The highest BCUT2D eigenvalue weighted by Crippen LogP contribution is 2.53. The fraction of sp³-hybridized carbons (Fsp3) is 0. The van der Waals surface area contributed by atoms with Crippen LogP contribution in [-0.4, -0.2) is 0 Å². The van der Waals surface area contributed by atoms with Crippen LogP contribution in [0, 0.1) is 0 Å². The fourth-order valence-corrected chi connectivity index (χ4v) is 11.0. The smallest absolute Gasteiger partial charge is 0.135 e. The van der Waals surface area contributed by atoms with Crippen molar-refractivity contribution in [3.05, 3.63) is 182 Å². The van der Waals surface area contributed by atoms with Crippen molar-refractivity contribution in [1.29, 1.82) is 0 Å². The van der Waals surface area contributed by atoms with Crippen LogP contribution in [0.25, 0.3) is 42.1 Å². The van der Waals surface area contributed by atoms with Gasteiger partial charge in [0.1, 0.15) is 11.2 Å². The molecule has 3 heterocycles. The second kappa shape index (κ2) is 12.9. The molecule has 0 aliphatic carbocycles. The minimum atomic E-state index is 0.879. The van der Waals surface area contributed by atoms with Gasteiger partial charge in [-0.2, -0.15) is 0 Å². The van der Waals surface area contributed by atoms with Crippen LogP contribution < -0.4 is 9.80 Å². The zero-order valence-corrected chi connectivity index (χ0v) is 31.3. The number of para-hydroxylation sites is 3. The summed E-state index contributed by atoms with van der Waals surface area (Å²) in [7, 11) is 0. The minimum Gasteiger partial charge on any atom is -0.456 e. The standard InChI is InChI=1S/C48H30N2OS3/c1-3-13-31(14-4-1)49(33-23-25-42-37(27-33)35-17-7-9-19-41(35)51-42)39-29-38-36-18-8-10-20-43(36)52-47(38)30-40(39)50(32-15-5-2-6-16-32)34-24-26-46-48(28-34)54-45-22-12-11-21-44(45)53-46/h1-30H. The zero-order valence-electron chi connectivity index (χ0n) is 28.8. The van der Waals surface area contributed by atoms with Gasteiger partial charge in [-0.15, -0.1) is 11.3 Å². The number of thiophene rings is 1. The molecular weight excluding hydrogens is 717 g/mol. The molecule has 11 rings (SSSR count). The molecule has 0 radical (unpaired) electrons. The van der Waals surface area contributed by atoms with Gasteiger partial charge < -0.3 is 14.2 Å². The summed E-state index contributed by atoms with van der Waals surface area (Å²) in [6, 6.07) is 65.6. The highest BCUT2D eigenvalue weighted by atomic mass is 32.2. The number of rotatable bonds is 6. The van der Waals surface area contributed by atoms with E-state index in [0.717, 1.165) is 56.1 Å². The van der Waals surface area contributed by atoms with Gasteiger partial charge in [0.15, 0.2) is 0 Å². The van der Waals surface area contributed by atoms with E-state index in [2.05, 4.69) is 180 Å². The number of furan rings is 1. The summed E-state index contributed by atoms with van der Waals surface area (Å²) in [6.45, 7) is 0. The molecule has 0 unspecified atom stereocenters. The van der Waals surface area contributed by atoms with Gasteiger partial charge in [-0.1, -0.05) is 108 Å². The van der Waals surface area contributed by atoms with Crippen molar-refractivity contribution in [2.75, 3.05) is 9.80 Å². The molecule has 2 aromatic heterocycles. The van der Waals surface area contributed by atoms with Gasteiger partial charge in [0.25, 0.3) is 0 Å². The molecule has 6 heteroatoms. The van der Waals surface area contributed by atoms with E-state index < -0.39 is 0 Å². The van der Waals surface area contributed by atoms with E-state index in [1.807, 2.05) is 47.0 Å². The molecule has 256 valence electrons. The summed E-state index contributed by atoms with van der Waals surface area (Å²) in [5.41, 5.74) is 8.28. The average Bonchev–Trinajstić information content (AvgIpc) is 3.79. The summed E-state index contributed by atoms with van der Waals surface area (Å²) in [4.78, 5) is 10.00. The SMILES string of the molecule is c1ccc(N(c2ccc3c(c2)Sc2ccccc2S3)c2cc3sc4ccccc4c3cc2N(c2ccccc2)c2ccc3oc4ccccc4c3c2)cc1. The van der Waals surface area contributed by atoms with Gasteiger partial charge >= 0.3 is 0 Å². The first kappa shape index (κ1) is 31.6. The van der Waals surface area contributed by atoms with Crippen LogP contribution in [0.3, 0.4) is 0 Å². The minimum absolute atomic E-state index is 0.879. The Hall–Kier alpha value is -5.92. The summed E-state index contributed by atoms with van der Waals surface area (Å²) < 4.78 is 8.84. The molecule has 0 spiro atoms. The topological polar surface area (TPSA) is 19.6 Å². The molecule has 54 heavy (non-hydrogen) atoms. The lowest BCUT2D eigenvalue weighted by molar-refractivity contribution is 0.669. The third kappa shape index (κ3) is 5.29. The molecule has 8 aromatic carbocycles. The van der Waals surface area contributed by atoms with E-state index in [1.165, 1.54) is 39.8 Å². The number of benzene rings is 8. The number of anilines is 6. The van der Waals surface area contributed by atoms with Crippen molar-refractivity contribution in [3.63, 3.8) is 0 Å². The quantitative estimate of drug-likeness (QED) is 0.168. The highest BCUT2D eigenvalue weighted by Gasteiger charge is 2.26. The Morgan fingerprint density at radius 1 is 0.333 bits per heavy atom. The summed E-state index contributed by atoms with van der Waals surface area (Å²) in [6.07, 6.45) is 0. The van der Waals surface area contributed by atoms with E-state index in [-0.39, 0.29) is 0 Å². The fourth-order valence-electron chi connectivity index (χ4n) is 7.62. The van der Waals surface area contributed by atoms with Crippen molar-refractivity contribution < 1.29 is 4.42 Å². The third-order valence-corrected chi connectivity index (χ3v) is 13.8. The second-order valence-corrected chi connectivity index (χ2v) is 16.6. The maximum absolute atomic E-state index is 6.31. The van der Waals surface area contributed by atoms with Crippen LogP contribution in [0.15, 0.2) is 206 Å². The molecule has 0 saturated carbocycles. The molecule has 10 aromatic rings. The Labute approximate surface area is 325 Å². The monoisotopic (exact) mass is 746 g/mol. The lowest BCUT2D eigenvalue weighted by atomic mass is 10.1. The first-order valence-electron chi connectivity index (χ1n) is 17.9. The van der Waals surface area contributed by atoms with Gasteiger partial charge in [-0.3, -0.25) is 0 Å². The molecule has 0 atom stereocenters. The van der Waals surface area contributed by atoms with Crippen molar-refractivity contribution in [1.82, 2.24) is 0 Å².